The number of hydroxylamine groups is 1. The van der Waals surface area contributed by atoms with Gasteiger partial charge >= 0.3 is 0 Å². The fourth-order valence-corrected chi connectivity index (χ4v) is 2.94. The SMILES string of the molecule is C=CC/C(NC(=C)c1cccnc1)=C(/C)c1ccc(C)c(CCCNO)c1. The third-order valence-electron chi connectivity index (χ3n) is 4.63. The van der Waals surface area contributed by atoms with Gasteiger partial charge in [-0.1, -0.05) is 30.9 Å². The van der Waals surface area contributed by atoms with E-state index in [1.165, 1.54) is 22.3 Å². The molecule has 0 bridgehead atoms. The van der Waals surface area contributed by atoms with E-state index in [2.05, 4.69) is 61.0 Å². The lowest BCUT2D eigenvalue weighted by Gasteiger charge is -2.17. The lowest BCUT2D eigenvalue weighted by molar-refractivity contribution is 0.165. The maximum absolute atomic E-state index is 8.78. The molecule has 3 N–H and O–H groups in total. The zero-order valence-corrected chi connectivity index (χ0v) is 16.3. The maximum atomic E-state index is 8.78. The summed E-state index contributed by atoms with van der Waals surface area (Å²) in [5.74, 6) is 0. The normalized spacial score (nSPS) is 11.7. The molecule has 0 aliphatic rings. The van der Waals surface area contributed by atoms with Crippen LogP contribution in [0.1, 0.15) is 42.0 Å². The minimum absolute atomic E-state index is 0.590. The van der Waals surface area contributed by atoms with Gasteiger partial charge in [-0.2, -0.15) is 0 Å². The van der Waals surface area contributed by atoms with Crippen molar-refractivity contribution in [2.24, 2.45) is 0 Å². The second-order valence-electron chi connectivity index (χ2n) is 6.59. The van der Waals surface area contributed by atoms with Crippen LogP contribution in [0.25, 0.3) is 11.3 Å². The highest BCUT2D eigenvalue weighted by molar-refractivity contribution is 5.72. The number of pyridine rings is 1. The van der Waals surface area contributed by atoms with Crippen LogP contribution >= 0.6 is 0 Å². The molecule has 4 nitrogen and oxygen atoms in total. The predicted octanol–water partition coefficient (Wildman–Crippen LogP) is 4.87. The molecule has 0 fully saturated rings. The van der Waals surface area contributed by atoms with Gasteiger partial charge in [-0.05, 0) is 61.1 Å². The van der Waals surface area contributed by atoms with Crippen LogP contribution in [0.3, 0.4) is 0 Å². The Morgan fingerprint density at radius 3 is 2.74 bits per heavy atom. The second kappa shape index (κ2) is 10.5. The number of aromatic nitrogens is 1. The number of hydrogen-bond acceptors (Lipinski definition) is 4. The fourth-order valence-electron chi connectivity index (χ4n) is 2.94. The van der Waals surface area contributed by atoms with Gasteiger partial charge in [0.25, 0.3) is 0 Å². The number of nitrogens with zero attached hydrogens (tertiary/aromatic N) is 1. The molecular weight excluding hydrogens is 334 g/mol. The van der Waals surface area contributed by atoms with E-state index in [1.54, 1.807) is 12.4 Å². The smallest absolute Gasteiger partial charge is 0.0398 e. The number of nitrogens with one attached hydrogen (secondary N) is 2. The number of allylic oxidation sites excluding steroid dienone is 2. The predicted molar refractivity (Wildman–Crippen MR) is 113 cm³/mol. The summed E-state index contributed by atoms with van der Waals surface area (Å²) in [6.07, 6.45) is 7.98. The lowest BCUT2D eigenvalue weighted by atomic mass is 9.96. The van der Waals surface area contributed by atoms with Crippen LogP contribution in [0.15, 0.2) is 67.7 Å². The van der Waals surface area contributed by atoms with Crippen LogP contribution in [-0.4, -0.2) is 16.7 Å². The Balaban J connectivity index is 2.28. The minimum atomic E-state index is 0.590. The van der Waals surface area contributed by atoms with E-state index < -0.39 is 0 Å². The average molecular weight is 364 g/mol. The summed E-state index contributed by atoms with van der Waals surface area (Å²) >= 11 is 0. The minimum Gasteiger partial charge on any atom is -0.358 e. The van der Waals surface area contributed by atoms with Crippen molar-refractivity contribution in [2.45, 2.75) is 33.1 Å². The van der Waals surface area contributed by atoms with Crippen LogP contribution in [0, 0.1) is 6.92 Å². The molecule has 0 spiro atoms. The van der Waals surface area contributed by atoms with Gasteiger partial charge in [-0.3, -0.25) is 4.98 Å². The zero-order valence-electron chi connectivity index (χ0n) is 16.3. The van der Waals surface area contributed by atoms with Crippen molar-refractivity contribution in [3.63, 3.8) is 0 Å². The molecule has 0 saturated heterocycles. The van der Waals surface area contributed by atoms with Crippen LogP contribution in [0.5, 0.6) is 0 Å². The number of rotatable bonds is 10. The molecule has 0 radical (unpaired) electrons. The summed E-state index contributed by atoms with van der Waals surface area (Å²) in [5, 5.41) is 12.2. The quantitative estimate of drug-likeness (QED) is 0.320. The molecule has 0 atom stereocenters. The Hall–Kier alpha value is -2.69. The summed E-state index contributed by atoms with van der Waals surface area (Å²) < 4.78 is 0. The third-order valence-corrected chi connectivity index (χ3v) is 4.63. The van der Waals surface area contributed by atoms with Gasteiger partial charge in [-0.25, -0.2) is 5.48 Å². The molecule has 1 aromatic heterocycles. The Bertz CT molecular complexity index is 810. The first kappa shape index (κ1) is 20.6. The van der Waals surface area contributed by atoms with Crippen LogP contribution in [0.2, 0.25) is 0 Å². The first-order valence-corrected chi connectivity index (χ1v) is 9.20. The van der Waals surface area contributed by atoms with Gasteiger partial charge in [0, 0.05) is 42.3 Å². The summed E-state index contributed by atoms with van der Waals surface area (Å²) in [6, 6.07) is 10.4. The highest BCUT2D eigenvalue weighted by Crippen LogP contribution is 2.24. The van der Waals surface area contributed by atoms with Crippen molar-refractivity contribution in [2.75, 3.05) is 6.54 Å². The van der Waals surface area contributed by atoms with Gasteiger partial charge in [0.2, 0.25) is 0 Å². The summed E-state index contributed by atoms with van der Waals surface area (Å²) in [7, 11) is 0. The monoisotopic (exact) mass is 363 g/mol. The second-order valence-corrected chi connectivity index (χ2v) is 6.59. The molecular formula is C23H29N3O. The molecule has 0 aliphatic heterocycles. The number of aryl methyl sites for hydroxylation is 2. The first-order chi connectivity index (χ1) is 13.1. The van der Waals surface area contributed by atoms with Crippen molar-refractivity contribution in [3.05, 3.63) is 89.9 Å². The zero-order chi connectivity index (χ0) is 19.6. The van der Waals surface area contributed by atoms with Crippen LogP contribution in [0.4, 0.5) is 0 Å². The maximum Gasteiger partial charge on any atom is 0.0398 e. The third kappa shape index (κ3) is 5.91. The molecule has 2 rings (SSSR count). The fraction of sp³-hybridized carbons (Fsp3) is 0.261. The molecule has 0 saturated carbocycles. The Labute approximate surface area is 162 Å². The summed E-state index contributed by atoms with van der Waals surface area (Å²) in [6.45, 7) is 12.9. The standard InChI is InChI=1S/C23H29N3O/c1-5-8-23(26-19(4)22-10-6-13-24-16-22)18(3)21-12-11-17(2)20(15-21)9-7-14-25-27/h5-6,10-13,15-16,25-27H,1,4,7-9,14H2,2-3H3/b23-18+. The summed E-state index contributed by atoms with van der Waals surface area (Å²) in [5.41, 5.74) is 9.99. The van der Waals surface area contributed by atoms with Crippen molar-refractivity contribution in [3.8, 4) is 0 Å². The molecule has 2 aromatic rings. The van der Waals surface area contributed by atoms with E-state index in [1.807, 2.05) is 18.2 Å². The number of benzene rings is 1. The molecule has 1 heterocycles. The van der Waals surface area contributed by atoms with Crippen LogP contribution in [-0.2, 0) is 6.42 Å². The van der Waals surface area contributed by atoms with Gasteiger partial charge in [0.15, 0.2) is 0 Å². The van der Waals surface area contributed by atoms with Gasteiger partial charge in [0.05, 0.1) is 0 Å². The van der Waals surface area contributed by atoms with E-state index in [-0.39, 0.29) is 0 Å². The largest absolute Gasteiger partial charge is 0.358 e. The number of hydrogen-bond donors (Lipinski definition) is 3. The molecule has 0 aliphatic carbocycles. The van der Waals surface area contributed by atoms with Crippen molar-refractivity contribution in [1.82, 2.24) is 15.8 Å². The van der Waals surface area contributed by atoms with Crippen LogP contribution < -0.4 is 10.8 Å². The molecule has 0 unspecified atom stereocenters. The molecule has 1 aromatic carbocycles. The van der Waals surface area contributed by atoms with E-state index in [0.29, 0.717) is 6.54 Å². The average Bonchev–Trinajstić information content (AvgIpc) is 2.69. The Morgan fingerprint density at radius 1 is 1.26 bits per heavy atom. The van der Waals surface area contributed by atoms with Crippen molar-refractivity contribution in [1.29, 1.82) is 0 Å². The molecule has 27 heavy (non-hydrogen) atoms. The van der Waals surface area contributed by atoms with Gasteiger partial charge < -0.3 is 10.5 Å². The summed E-state index contributed by atoms with van der Waals surface area (Å²) in [4.78, 5) is 4.16. The molecule has 4 heteroatoms. The molecule has 142 valence electrons. The van der Waals surface area contributed by atoms with E-state index >= 15 is 0 Å². The van der Waals surface area contributed by atoms with Crippen molar-refractivity contribution >= 4 is 11.3 Å². The van der Waals surface area contributed by atoms with E-state index in [0.717, 1.165) is 36.2 Å². The molecule has 0 amide bonds. The Kier molecular flexibility index (Phi) is 7.99. The van der Waals surface area contributed by atoms with E-state index in [4.69, 9.17) is 5.21 Å². The van der Waals surface area contributed by atoms with E-state index in [9.17, 15) is 0 Å². The lowest BCUT2D eigenvalue weighted by Crippen LogP contribution is -2.13. The highest BCUT2D eigenvalue weighted by atomic mass is 16.5. The first-order valence-electron chi connectivity index (χ1n) is 9.20. The van der Waals surface area contributed by atoms with Gasteiger partial charge in [0.1, 0.15) is 0 Å². The highest BCUT2D eigenvalue weighted by Gasteiger charge is 2.09. The topological polar surface area (TPSA) is 57.2 Å². The van der Waals surface area contributed by atoms with Crippen molar-refractivity contribution < 1.29 is 5.21 Å². The Morgan fingerprint density at radius 2 is 2.07 bits per heavy atom. The van der Waals surface area contributed by atoms with Gasteiger partial charge in [-0.15, -0.1) is 6.58 Å².